The van der Waals surface area contributed by atoms with Crippen LogP contribution in [0.15, 0.2) is 71.9 Å². The molecule has 0 atom stereocenters. The fraction of sp³-hybridized carbons (Fsp3) is 0.0476. The zero-order valence-corrected chi connectivity index (χ0v) is 14.4. The Balaban J connectivity index is 1.48. The molecule has 0 unspecified atom stereocenters. The summed E-state index contributed by atoms with van der Waals surface area (Å²) in [6, 6.07) is 17.7. The number of benzene rings is 2. The van der Waals surface area contributed by atoms with E-state index >= 15 is 0 Å². The van der Waals surface area contributed by atoms with Gasteiger partial charge in [0.15, 0.2) is 5.88 Å². The lowest BCUT2D eigenvalue weighted by atomic mass is 10.2. The van der Waals surface area contributed by atoms with Crippen LogP contribution in [0.25, 0.3) is 10.9 Å². The first-order chi connectivity index (χ1) is 13.2. The quantitative estimate of drug-likeness (QED) is 0.449. The van der Waals surface area contributed by atoms with Crippen LogP contribution in [-0.2, 0) is 6.54 Å². The van der Waals surface area contributed by atoms with E-state index in [4.69, 9.17) is 0 Å². The molecule has 0 spiro atoms. The normalized spacial score (nSPS) is 11.3. The van der Waals surface area contributed by atoms with Gasteiger partial charge in [0, 0.05) is 29.0 Å². The van der Waals surface area contributed by atoms with Gasteiger partial charge in [0.25, 0.3) is 0 Å². The average Bonchev–Trinajstić information content (AvgIpc) is 3.01. The second-order valence-electron chi connectivity index (χ2n) is 6.06. The predicted molar refractivity (Wildman–Crippen MR) is 105 cm³/mol. The molecule has 0 saturated heterocycles. The summed E-state index contributed by atoms with van der Waals surface area (Å²) in [5.41, 5.74) is 3.76. The summed E-state index contributed by atoms with van der Waals surface area (Å²) < 4.78 is 13.5. The molecule has 2 aromatic carbocycles. The van der Waals surface area contributed by atoms with E-state index < -0.39 is 0 Å². The number of nitrogens with one attached hydrogen (secondary N) is 2. The molecule has 4 rings (SSSR count). The second kappa shape index (κ2) is 7.29. The first-order valence-electron chi connectivity index (χ1n) is 8.47. The Morgan fingerprint density at radius 2 is 1.96 bits per heavy atom. The Bertz CT molecular complexity index is 1090. The third-order valence-electron chi connectivity index (χ3n) is 4.19. The van der Waals surface area contributed by atoms with Gasteiger partial charge in [-0.25, -0.2) is 4.39 Å². The molecule has 27 heavy (non-hydrogen) atoms. The number of rotatable bonds is 5. The van der Waals surface area contributed by atoms with Crippen LogP contribution in [0.1, 0.15) is 11.3 Å². The molecule has 0 aliphatic carbocycles. The summed E-state index contributed by atoms with van der Waals surface area (Å²) in [6.07, 6.45) is 3.30. The molecule has 134 valence electrons. The summed E-state index contributed by atoms with van der Waals surface area (Å²) in [7, 11) is 0. The lowest BCUT2D eigenvalue weighted by molar-refractivity contribution is 0.457. The second-order valence-corrected chi connectivity index (χ2v) is 6.06. The molecule has 4 aromatic rings. The fourth-order valence-corrected chi connectivity index (χ4v) is 2.80. The number of hydrogen-bond donors (Lipinski definition) is 3. The highest BCUT2D eigenvalue weighted by Gasteiger charge is 2.09. The lowest BCUT2D eigenvalue weighted by Crippen LogP contribution is -2.00. The molecule has 0 radical (unpaired) electrons. The van der Waals surface area contributed by atoms with Crippen LogP contribution in [0.2, 0.25) is 0 Å². The van der Waals surface area contributed by atoms with E-state index in [1.165, 1.54) is 18.3 Å². The summed E-state index contributed by atoms with van der Waals surface area (Å²) in [6.45, 7) is 0.637. The highest BCUT2D eigenvalue weighted by atomic mass is 19.1. The molecule has 2 aromatic heterocycles. The first kappa shape index (κ1) is 16.8. The van der Waals surface area contributed by atoms with Crippen molar-refractivity contribution in [1.82, 2.24) is 9.97 Å². The van der Waals surface area contributed by atoms with Gasteiger partial charge in [0.05, 0.1) is 23.5 Å². The highest BCUT2D eigenvalue weighted by molar-refractivity contribution is 6.02. The predicted octanol–water partition coefficient (Wildman–Crippen LogP) is 4.77. The van der Waals surface area contributed by atoms with Crippen LogP contribution in [0.5, 0.6) is 5.88 Å². The van der Waals surface area contributed by atoms with E-state index in [2.05, 4.69) is 20.3 Å². The van der Waals surface area contributed by atoms with Gasteiger partial charge >= 0.3 is 0 Å². The van der Waals surface area contributed by atoms with Crippen molar-refractivity contribution in [1.29, 1.82) is 0 Å². The zero-order chi connectivity index (χ0) is 18.6. The summed E-state index contributed by atoms with van der Waals surface area (Å²) in [5.74, 6) is -0.396. The minimum absolute atomic E-state index is 0.0343. The maximum absolute atomic E-state index is 13.5. The standard InChI is InChI=1S/C21H17FN4O/c22-14-4-9-20-18(11-14)19(21(27)26-20)13-25-16-7-5-15(6-8-16)24-12-17-3-1-2-10-23-17/h1-11,13,24,26-27H,12H2. The Kier molecular flexibility index (Phi) is 4.53. The summed E-state index contributed by atoms with van der Waals surface area (Å²) >= 11 is 0. The highest BCUT2D eigenvalue weighted by Crippen LogP contribution is 2.27. The molecular formula is C21H17FN4O. The number of nitrogens with zero attached hydrogens (tertiary/aromatic N) is 2. The third-order valence-corrected chi connectivity index (χ3v) is 4.19. The fourth-order valence-electron chi connectivity index (χ4n) is 2.80. The molecule has 0 bridgehead atoms. The number of hydrogen-bond acceptors (Lipinski definition) is 4. The molecule has 0 saturated carbocycles. The van der Waals surface area contributed by atoms with E-state index in [-0.39, 0.29) is 11.7 Å². The summed E-state index contributed by atoms with van der Waals surface area (Å²) in [5, 5.41) is 13.9. The van der Waals surface area contributed by atoms with Crippen molar-refractivity contribution in [3.63, 3.8) is 0 Å². The number of pyridine rings is 1. The third kappa shape index (κ3) is 3.79. The average molecular weight is 360 g/mol. The van der Waals surface area contributed by atoms with Gasteiger partial charge < -0.3 is 15.4 Å². The van der Waals surface area contributed by atoms with Gasteiger partial charge in [-0.3, -0.25) is 9.98 Å². The van der Waals surface area contributed by atoms with E-state index in [1.54, 1.807) is 12.3 Å². The van der Waals surface area contributed by atoms with Crippen LogP contribution >= 0.6 is 0 Å². The number of aromatic hydroxyl groups is 1. The van der Waals surface area contributed by atoms with Crippen LogP contribution in [0.3, 0.4) is 0 Å². The van der Waals surface area contributed by atoms with Crippen molar-refractivity contribution in [2.45, 2.75) is 6.54 Å². The minimum Gasteiger partial charge on any atom is -0.494 e. The molecule has 0 fully saturated rings. The van der Waals surface area contributed by atoms with Crippen molar-refractivity contribution in [3.05, 3.63) is 83.9 Å². The number of aliphatic imine (C=N–C) groups is 1. The number of anilines is 1. The maximum atomic E-state index is 13.5. The van der Waals surface area contributed by atoms with Crippen LogP contribution in [0.4, 0.5) is 15.8 Å². The maximum Gasteiger partial charge on any atom is 0.198 e. The number of fused-ring (bicyclic) bond motifs is 1. The number of aromatic nitrogens is 2. The largest absolute Gasteiger partial charge is 0.494 e. The Morgan fingerprint density at radius 3 is 2.74 bits per heavy atom. The van der Waals surface area contributed by atoms with Gasteiger partial charge in [-0.15, -0.1) is 0 Å². The van der Waals surface area contributed by atoms with Crippen molar-refractivity contribution in [3.8, 4) is 5.88 Å². The van der Waals surface area contributed by atoms with Gasteiger partial charge in [-0.1, -0.05) is 6.07 Å². The van der Waals surface area contributed by atoms with Crippen molar-refractivity contribution >= 4 is 28.5 Å². The number of halogens is 1. The topological polar surface area (TPSA) is 73.3 Å². The van der Waals surface area contributed by atoms with Crippen molar-refractivity contribution < 1.29 is 9.50 Å². The van der Waals surface area contributed by atoms with E-state index in [0.29, 0.717) is 23.0 Å². The molecule has 0 aliphatic rings. The van der Waals surface area contributed by atoms with E-state index in [0.717, 1.165) is 17.1 Å². The van der Waals surface area contributed by atoms with Crippen LogP contribution in [0, 0.1) is 5.82 Å². The first-order valence-corrected chi connectivity index (χ1v) is 8.47. The zero-order valence-electron chi connectivity index (χ0n) is 14.4. The van der Waals surface area contributed by atoms with E-state index in [1.807, 2.05) is 42.5 Å². The molecule has 2 heterocycles. The Labute approximate surface area is 155 Å². The molecule has 3 N–H and O–H groups in total. The summed E-state index contributed by atoms with van der Waals surface area (Å²) in [4.78, 5) is 11.5. The molecule has 0 amide bonds. The van der Waals surface area contributed by atoms with Crippen LogP contribution < -0.4 is 5.32 Å². The Morgan fingerprint density at radius 1 is 1.11 bits per heavy atom. The molecule has 0 aliphatic heterocycles. The Hall–Kier alpha value is -3.67. The lowest BCUT2D eigenvalue weighted by Gasteiger charge is -2.05. The van der Waals surface area contributed by atoms with Crippen molar-refractivity contribution in [2.75, 3.05) is 5.32 Å². The van der Waals surface area contributed by atoms with Crippen molar-refractivity contribution in [2.24, 2.45) is 4.99 Å². The minimum atomic E-state index is -0.362. The number of aromatic amines is 1. The van der Waals surface area contributed by atoms with E-state index in [9.17, 15) is 9.50 Å². The van der Waals surface area contributed by atoms with Crippen LogP contribution in [-0.4, -0.2) is 21.3 Å². The number of H-pyrrole nitrogens is 1. The SMILES string of the molecule is Oc1[nH]c2ccc(F)cc2c1C=Nc1ccc(NCc2ccccn2)cc1. The molecule has 6 heteroatoms. The molecular weight excluding hydrogens is 343 g/mol. The van der Waals surface area contributed by atoms with Gasteiger partial charge in [0.2, 0.25) is 0 Å². The smallest absolute Gasteiger partial charge is 0.198 e. The van der Waals surface area contributed by atoms with Gasteiger partial charge in [0.1, 0.15) is 5.82 Å². The monoisotopic (exact) mass is 360 g/mol. The van der Waals surface area contributed by atoms with Gasteiger partial charge in [-0.2, -0.15) is 0 Å². The molecule has 5 nitrogen and oxygen atoms in total. The van der Waals surface area contributed by atoms with Gasteiger partial charge in [-0.05, 0) is 54.6 Å².